The first-order chi connectivity index (χ1) is 8.57. The Morgan fingerprint density at radius 2 is 2.33 bits per heavy atom. The van der Waals surface area contributed by atoms with E-state index in [1.807, 2.05) is 0 Å². The van der Waals surface area contributed by atoms with E-state index in [4.69, 9.17) is 0 Å². The molecule has 1 aromatic rings. The standard InChI is InChI=1S/C11H20N4O2S/c1-18(16,17)10-5-2-4-9(10)12-7-3-6-11-13-8-14-15-11/h8-10,12H,2-7H2,1H3,(H,13,14,15). The normalized spacial score (nSPS) is 24.5. The van der Waals surface area contributed by atoms with Crippen molar-refractivity contribution in [2.75, 3.05) is 12.8 Å². The minimum absolute atomic E-state index is 0.120. The number of nitrogens with one attached hydrogen (secondary N) is 2. The van der Waals surface area contributed by atoms with Crippen molar-refractivity contribution in [1.82, 2.24) is 20.5 Å². The summed E-state index contributed by atoms with van der Waals surface area (Å²) in [6.07, 6.45) is 7.35. The van der Waals surface area contributed by atoms with Gasteiger partial charge >= 0.3 is 0 Å². The van der Waals surface area contributed by atoms with Crippen LogP contribution < -0.4 is 5.32 Å². The van der Waals surface area contributed by atoms with E-state index in [1.54, 1.807) is 0 Å². The average Bonchev–Trinajstić information content (AvgIpc) is 2.94. The molecule has 0 radical (unpaired) electrons. The molecule has 6 nitrogen and oxygen atoms in total. The summed E-state index contributed by atoms with van der Waals surface area (Å²) < 4.78 is 23.2. The first-order valence-corrected chi connectivity index (χ1v) is 8.29. The van der Waals surface area contributed by atoms with Crippen LogP contribution in [0.15, 0.2) is 6.33 Å². The van der Waals surface area contributed by atoms with Crippen LogP contribution >= 0.6 is 0 Å². The minimum Gasteiger partial charge on any atom is -0.313 e. The summed E-state index contributed by atoms with van der Waals surface area (Å²) in [5.41, 5.74) is 0. The Morgan fingerprint density at radius 3 is 3.00 bits per heavy atom. The van der Waals surface area contributed by atoms with Gasteiger partial charge in [0.25, 0.3) is 0 Å². The largest absolute Gasteiger partial charge is 0.313 e. The van der Waals surface area contributed by atoms with E-state index in [-0.39, 0.29) is 11.3 Å². The quantitative estimate of drug-likeness (QED) is 0.727. The predicted molar refractivity (Wildman–Crippen MR) is 69.0 cm³/mol. The van der Waals surface area contributed by atoms with Crippen LogP contribution in [0, 0.1) is 0 Å². The number of aromatic amines is 1. The lowest BCUT2D eigenvalue weighted by molar-refractivity contribution is 0.500. The summed E-state index contributed by atoms with van der Waals surface area (Å²) in [6, 6.07) is 0.120. The van der Waals surface area contributed by atoms with E-state index in [2.05, 4.69) is 20.5 Å². The predicted octanol–water partition coefficient (Wildman–Crippen LogP) is 0.293. The number of aromatic nitrogens is 3. The first kappa shape index (κ1) is 13.5. The van der Waals surface area contributed by atoms with Crippen LogP contribution in [-0.4, -0.2) is 47.7 Å². The zero-order valence-electron chi connectivity index (χ0n) is 10.6. The van der Waals surface area contributed by atoms with Crippen molar-refractivity contribution in [2.24, 2.45) is 0 Å². The molecule has 2 rings (SSSR count). The maximum absolute atomic E-state index is 11.6. The molecule has 0 saturated heterocycles. The van der Waals surface area contributed by atoms with Crippen molar-refractivity contribution in [2.45, 2.75) is 43.4 Å². The number of sulfone groups is 1. The number of hydrogen-bond acceptors (Lipinski definition) is 5. The van der Waals surface area contributed by atoms with Gasteiger partial charge in [-0.1, -0.05) is 6.42 Å². The van der Waals surface area contributed by atoms with Crippen molar-refractivity contribution >= 4 is 9.84 Å². The summed E-state index contributed by atoms with van der Waals surface area (Å²) in [5.74, 6) is 0.878. The Labute approximate surface area is 108 Å². The summed E-state index contributed by atoms with van der Waals surface area (Å²) in [4.78, 5) is 4.05. The first-order valence-electron chi connectivity index (χ1n) is 6.34. The molecule has 1 saturated carbocycles. The maximum atomic E-state index is 11.6. The van der Waals surface area contributed by atoms with Gasteiger partial charge in [0.15, 0.2) is 9.84 Å². The van der Waals surface area contributed by atoms with Gasteiger partial charge in [-0.3, -0.25) is 5.10 Å². The smallest absolute Gasteiger partial charge is 0.151 e. The van der Waals surface area contributed by atoms with Gasteiger partial charge in [0.05, 0.1) is 5.25 Å². The second kappa shape index (κ2) is 5.79. The maximum Gasteiger partial charge on any atom is 0.151 e. The van der Waals surface area contributed by atoms with Gasteiger partial charge in [0.1, 0.15) is 12.2 Å². The third kappa shape index (κ3) is 3.52. The van der Waals surface area contributed by atoms with Crippen molar-refractivity contribution in [3.05, 3.63) is 12.2 Å². The van der Waals surface area contributed by atoms with Crippen LogP contribution in [0.2, 0.25) is 0 Å². The molecule has 0 aromatic carbocycles. The lowest BCUT2D eigenvalue weighted by Crippen LogP contribution is -2.40. The lowest BCUT2D eigenvalue weighted by atomic mass is 10.2. The third-order valence-corrected chi connectivity index (χ3v) is 5.13. The molecule has 0 spiro atoms. The van der Waals surface area contributed by atoms with Crippen LogP contribution in [0.25, 0.3) is 0 Å². The van der Waals surface area contributed by atoms with Gasteiger partial charge in [-0.2, -0.15) is 5.10 Å². The van der Waals surface area contributed by atoms with Crippen molar-refractivity contribution in [3.8, 4) is 0 Å². The van der Waals surface area contributed by atoms with Crippen molar-refractivity contribution < 1.29 is 8.42 Å². The van der Waals surface area contributed by atoms with Gasteiger partial charge in [-0.05, 0) is 25.8 Å². The Morgan fingerprint density at radius 1 is 1.50 bits per heavy atom. The summed E-state index contributed by atoms with van der Waals surface area (Å²) in [6.45, 7) is 0.817. The molecule has 0 aliphatic heterocycles. The second-order valence-electron chi connectivity index (χ2n) is 4.90. The van der Waals surface area contributed by atoms with Crippen LogP contribution in [0.5, 0.6) is 0 Å². The van der Waals surface area contributed by atoms with Crippen LogP contribution in [0.3, 0.4) is 0 Å². The van der Waals surface area contributed by atoms with Gasteiger partial charge in [0, 0.05) is 18.7 Å². The van der Waals surface area contributed by atoms with Gasteiger partial charge in [-0.25, -0.2) is 13.4 Å². The lowest BCUT2D eigenvalue weighted by Gasteiger charge is -2.19. The Kier molecular flexibility index (Phi) is 4.34. The van der Waals surface area contributed by atoms with E-state index in [9.17, 15) is 8.42 Å². The zero-order chi connectivity index (χ0) is 13.0. The van der Waals surface area contributed by atoms with Gasteiger partial charge in [-0.15, -0.1) is 0 Å². The molecule has 0 bridgehead atoms. The summed E-state index contributed by atoms with van der Waals surface area (Å²) >= 11 is 0. The highest BCUT2D eigenvalue weighted by Crippen LogP contribution is 2.24. The molecule has 2 N–H and O–H groups in total. The molecule has 1 aliphatic rings. The summed E-state index contributed by atoms with van der Waals surface area (Å²) in [7, 11) is -2.92. The minimum atomic E-state index is -2.92. The molecule has 7 heteroatoms. The van der Waals surface area contributed by atoms with Gasteiger partial charge < -0.3 is 5.32 Å². The van der Waals surface area contributed by atoms with Crippen LogP contribution in [-0.2, 0) is 16.3 Å². The second-order valence-corrected chi connectivity index (χ2v) is 7.16. The SMILES string of the molecule is CS(=O)(=O)C1CCCC1NCCCc1ncn[nH]1. The van der Waals surface area contributed by atoms with E-state index >= 15 is 0 Å². The van der Waals surface area contributed by atoms with Crippen molar-refractivity contribution in [3.63, 3.8) is 0 Å². The van der Waals surface area contributed by atoms with Crippen LogP contribution in [0.1, 0.15) is 31.5 Å². The highest BCUT2D eigenvalue weighted by atomic mass is 32.2. The van der Waals surface area contributed by atoms with E-state index in [0.29, 0.717) is 0 Å². The molecule has 102 valence electrons. The molecule has 1 aromatic heterocycles. The van der Waals surface area contributed by atoms with Gasteiger partial charge in [0.2, 0.25) is 0 Å². The molecular formula is C11H20N4O2S. The molecule has 2 unspecified atom stereocenters. The fraction of sp³-hybridized carbons (Fsp3) is 0.818. The monoisotopic (exact) mass is 272 g/mol. The average molecular weight is 272 g/mol. The zero-order valence-corrected chi connectivity index (χ0v) is 11.4. The van der Waals surface area contributed by atoms with E-state index < -0.39 is 9.84 Å². The Hall–Kier alpha value is -0.950. The van der Waals surface area contributed by atoms with Crippen LogP contribution in [0.4, 0.5) is 0 Å². The van der Waals surface area contributed by atoms with Crippen molar-refractivity contribution in [1.29, 1.82) is 0 Å². The molecule has 0 amide bonds. The number of hydrogen-bond donors (Lipinski definition) is 2. The highest BCUT2D eigenvalue weighted by molar-refractivity contribution is 7.91. The Bertz CT molecular complexity index is 457. The number of nitrogens with zero attached hydrogens (tertiary/aromatic N) is 2. The fourth-order valence-electron chi connectivity index (χ4n) is 2.57. The number of H-pyrrole nitrogens is 1. The molecule has 1 aliphatic carbocycles. The molecule has 1 fully saturated rings. The topological polar surface area (TPSA) is 87.7 Å². The van der Waals surface area contributed by atoms with E-state index in [1.165, 1.54) is 12.6 Å². The summed E-state index contributed by atoms with van der Waals surface area (Å²) in [5, 5.41) is 9.75. The highest BCUT2D eigenvalue weighted by Gasteiger charge is 2.34. The molecular weight excluding hydrogens is 252 g/mol. The Balaban J connectivity index is 1.73. The third-order valence-electron chi connectivity index (χ3n) is 3.46. The van der Waals surface area contributed by atoms with E-state index in [0.717, 1.165) is 44.5 Å². The number of aryl methyl sites for hydroxylation is 1. The fourth-order valence-corrected chi connectivity index (χ4v) is 3.99. The molecule has 18 heavy (non-hydrogen) atoms. The molecule has 1 heterocycles. The number of rotatable bonds is 6. The molecule has 2 atom stereocenters.